The molecule has 0 radical (unpaired) electrons. The molecule has 2 heterocycles. The number of likely N-dealkylation sites (N-methyl/N-ethyl adjacent to an activating group) is 1. The maximum atomic E-state index is 13.3. The Balaban J connectivity index is 1.55. The van der Waals surface area contributed by atoms with Crippen LogP contribution in [0, 0.1) is 0 Å². The molecule has 0 unspecified atom stereocenters. The molecule has 0 bridgehead atoms. The van der Waals surface area contributed by atoms with Crippen LogP contribution in [0.4, 0.5) is 11.4 Å². The second-order valence-electron chi connectivity index (χ2n) is 8.24. The van der Waals surface area contributed by atoms with Crippen LogP contribution >= 0.6 is 0 Å². The van der Waals surface area contributed by atoms with Crippen molar-refractivity contribution in [3.05, 3.63) is 54.6 Å². The lowest BCUT2D eigenvalue weighted by Gasteiger charge is -2.36. The molecule has 2 saturated heterocycles. The van der Waals surface area contributed by atoms with Gasteiger partial charge in [0.05, 0.1) is 16.3 Å². The van der Waals surface area contributed by atoms with Crippen LogP contribution in [-0.2, 0) is 14.8 Å². The first-order valence-electron chi connectivity index (χ1n) is 10.9. The molecule has 2 aromatic carbocycles. The largest absolute Gasteiger partial charge is 0.367 e. The Morgan fingerprint density at radius 2 is 1.58 bits per heavy atom. The minimum absolute atomic E-state index is 0.229. The van der Waals surface area contributed by atoms with Gasteiger partial charge in [0.25, 0.3) is 0 Å². The van der Waals surface area contributed by atoms with Crippen molar-refractivity contribution in [1.29, 1.82) is 0 Å². The summed E-state index contributed by atoms with van der Waals surface area (Å²) in [5.74, 6) is -0.263. The van der Waals surface area contributed by atoms with Gasteiger partial charge in [-0.2, -0.15) is 4.31 Å². The number of hydrogen-bond donors (Lipinski definition) is 1. The zero-order valence-corrected chi connectivity index (χ0v) is 18.7. The average Bonchev–Trinajstić information content (AvgIpc) is 2.80. The fourth-order valence-electron chi connectivity index (χ4n) is 4.30. The monoisotopic (exact) mass is 442 g/mol. The number of carbonyl (C=O) groups excluding carboxylic acids is 1. The molecule has 2 aliphatic rings. The van der Waals surface area contributed by atoms with E-state index in [9.17, 15) is 13.2 Å². The van der Waals surface area contributed by atoms with Gasteiger partial charge in [0.1, 0.15) is 6.04 Å². The van der Waals surface area contributed by atoms with E-state index in [0.717, 1.165) is 50.4 Å². The van der Waals surface area contributed by atoms with E-state index in [4.69, 9.17) is 0 Å². The third-order valence-electron chi connectivity index (χ3n) is 6.11. The summed E-state index contributed by atoms with van der Waals surface area (Å²) in [5, 5.41) is 3.04. The number of sulfonamides is 1. The van der Waals surface area contributed by atoms with Crippen molar-refractivity contribution in [1.82, 2.24) is 9.21 Å². The molecule has 8 heteroatoms. The number of para-hydroxylation sites is 2. The van der Waals surface area contributed by atoms with Crippen molar-refractivity contribution in [2.45, 2.75) is 30.2 Å². The highest BCUT2D eigenvalue weighted by Gasteiger charge is 2.37. The van der Waals surface area contributed by atoms with Gasteiger partial charge in [0.2, 0.25) is 15.9 Å². The molecule has 1 amide bonds. The number of amides is 1. The molecule has 2 fully saturated rings. The van der Waals surface area contributed by atoms with Crippen LogP contribution in [0.25, 0.3) is 0 Å². The molecule has 0 aromatic heterocycles. The van der Waals surface area contributed by atoms with Crippen molar-refractivity contribution in [3.63, 3.8) is 0 Å². The Labute approximate surface area is 184 Å². The summed E-state index contributed by atoms with van der Waals surface area (Å²) in [4.78, 5) is 18.1. The van der Waals surface area contributed by atoms with Gasteiger partial charge in [-0.05, 0) is 44.2 Å². The first-order chi connectivity index (χ1) is 15.0. The Hall–Kier alpha value is -2.42. The van der Waals surface area contributed by atoms with E-state index in [1.807, 2.05) is 24.3 Å². The second kappa shape index (κ2) is 9.38. The molecule has 2 aliphatic heterocycles. The van der Waals surface area contributed by atoms with Crippen LogP contribution in [0.3, 0.4) is 0 Å². The number of nitrogens with one attached hydrogen (secondary N) is 1. The van der Waals surface area contributed by atoms with Gasteiger partial charge < -0.3 is 15.1 Å². The summed E-state index contributed by atoms with van der Waals surface area (Å²) in [5.41, 5.74) is 1.72. The lowest BCUT2D eigenvalue weighted by atomic mass is 10.0. The summed E-state index contributed by atoms with van der Waals surface area (Å²) in [6.45, 7) is 4.07. The van der Waals surface area contributed by atoms with Gasteiger partial charge in [-0.15, -0.1) is 0 Å². The highest BCUT2D eigenvalue weighted by atomic mass is 32.2. The van der Waals surface area contributed by atoms with Crippen LogP contribution in [0.1, 0.15) is 19.3 Å². The minimum Gasteiger partial charge on any atom is -0.367 e. The predicted octanol–water partition coefficient (Wildman–Crippen LogP) is 2.62. The van der Waals surface area contributed by atoms with Gasteiger partial charge in [0.15, 0.2) is 0 Å². The number of rotatable bonds is 5. The fraction of sp³-hybridized carbons (Fsp3) is 0.435. The number of nitrogens with zero attached hydrogens (tertiary/aromatic N) is 3. The SMILES string of the molecule is CN1CCN(c2ccccc2NC(=O)[C@@H]2CCCCN2S(=O)(=O)c2ccccc2)CC1. The number of anilines is 2. The molecule has 0 saturated carbocycles. The Bertz CT molecular complexity index is 1000. The first kappa shape index (κ1) is 21.8. The maximum Gasteiger partial charge on any atom is 0.243 e. The van der Waals surface area contributed by atoms with Crippen LogP contribution in [-0.4, -0.2) is 69.3 Å². The van der Waals surface area contributed by atoms with E-state index >= 15 is 0 Å². The number of hydrogen-bond acceptors (Lipinski definition) is 5. The lowest BCUT2D eigenvalue weighted by Crippen LogP contribution is -2.50. The molecule has 1 atom stereocenters. The Kier molecular flexibility index (Phi) is 6.60. The molecular formula is C23H30N4O3S. The van der Waals surface area contributed by atoms with Gasteiger partial charge in [0, 0.05) is 32.7 Å². The number of benzene rings is 2. The van der Waals surface area contributed by atoms with E-state index in [1.54, 1.807) is 30.3 Å². The molecule has 0 aliphatic carbocycles. The van der Waals surface area contributed by atoms with E-state index in [-0.39, 0.29) is 10.8 Å². The standard InChI is InChI=1S/C23H30N4O3S/c1-25-15-17-26(18-16-25)21-12-6-5-11-20(21)24-23(28)22-13-7-8-14-27(22)31(29,30)19-9-3-2-4-10-19/h2-6,9-12,22H,7-8,13-18H2,1H3,(H,24,28)/t22-/m0/s1. The second-order valence-corrected chi connectivity index (χ2v) is 10.1. The molecule has 0 spiro atoms. The van der Waals surface area contributed by atoms with Crippen molar-refractivity contribution in [2.24, 2.45) is 0 Å². The van der Waals surface area contributed by atoms with Crippen LogP contribution in [0.15, 0.2) is 59.5 Å². The zero-order chi connectivity index (χ0) is 21.8. The van der Waals surface area contributed by atoms with Crippen LogP contribution < -0.4 is 10.2 Å². The Morgan fingerprint density at radius 1 is 0.903 bits per heavy atom. The van der Waals surface area contributed by atoms with Crippen molar-refractivity contribution < 1.29 is 13.2 Å². The lowest BCUT2D eigenvalue weighted by molar-refractivity contribution is -0.120. The molecule has 31 heavy (non-hydrogen) atoms. The van der Waals surface area contributed by atoms with Crippen LogP contribution in [0.2, 0.25) is 0 Å². The molecular weight excluding hydrogens is 412 g/mol. The molecule has 166 valence electrons. The third-order valence-corrected chi connectivity index (χ3v) is 8.03. The maximum absolute atomic E-state index is 13.3. The smallest absolute Gasteiger partial charge is 0.243 e. The van der Waals surface area contributed by atoms with E-state index < -0.39 is 16.1 Å². The molecule has 1 N–H and O–H groups in total. The van der Waals surface area contributed by atoms with Crippen molar-refractivity contribution in [3.8, 4) is 0 Å². The zero-order valence-electron chi connectivity index (χ0n) is 17.9. The Morgan fingerprint density at radius 3 is 2.32 bits per heavy atom. The van der Waals surface area contributed by atoms with Gasteiger partial charge in [-0.3, -0.25) is 4.79 Å². The third kappa shape index (κ3) is 4.76. The first-order valence-corrected chi connectivity index (χ1v) is 12.3. The number of carbonyl (C=O) groups is 1. The summed E-state index contributed by atoms with van der Waals surface area (Å²) in [6, 6.07) is 15.4. The average molecular weight is 443 g/mol. The van der Waals surface area contributed by atoms with Crippen LogP contribution in [0.5, 0.6) is 0 Å². The van der Waals surface area contributed by atoms with E-state index in [2.05, 4.69) is 22.2 Å². The fourth-order valence-corrected chi connectivity index (χ4v) is 5.98. The number of piperazine rings is 1. The molecule has 4 rings (SSSR count). The summed E-state index contributed by atoms with van der Waals surface area (Å²) in [7, 11) is -1.62. The summed E-state index contributed by atoms with van der Waals surface area (Å²) < 4.78 is 27.8. The van der Waals surface area contributed by atoms with E-state index in [1.165, 1.54) is 4.31 Å². The topological polar surface area (TPSA) is 73.0 Å². The highest BCUT2D eigenvalue weighted by molar-refractivity contribution is 7.89. The number of piperidine rings is 1. The van der Waals surface area contributed by atoms with Gasteiger partial charge in [-0.1, -0.05) is 36.8 Å². The van der Waals surface area contributed by atoms with E-state index in [0.29, 0.717) is 13.0 Å². The summed E-state index contributed by atoms with van der Waals surface area (Å²) >= 11 is 0. The van der Waals surface area contributed by atoms with Gasteiger partial charge >= 0.3 is 0 Å². The minimum atomic E-state index is -3.73. The summed E-state index contributed by atoms with van der Waals surface area (Å²) in [6.07, 6.45) is 2.11. The normalized spacial score (nSPS) is 21.1. The predicted molar refractivity (Wildman–Crippen MR) is 123 cm³/mol. The van der Waals surface area contributed by atoms with Gasteiger partial charge in [-0.25, -0.2) is 8.42 Å². The highest BCUT2D eigenvalue weighted by Crippen LogP contribution is 2.30. The van der Waals surface area contributed by atoms with Crippen molar-refractivity contribution >= 4 is 27.3 Å². The van der Waals surface area contributed by atoms with Crippen molar-refractivity contribution in [2.75, 3.05) is 50.0 Å². The molecule has 2 aromatic rings. The molecule has 7 nitrogen and oxygen atoms in total. The quantitative estimate of drug-likeness (QED) is 0.771.